The van der Waals surface area contributed by atoms with Crippen LogP contribution in [0.3, 0.4) is 0 Å². The van der Waals surface area contributed by atoms with Crippen molar-refractivity contribution in [1.29, 1.82) is 0 Å². The summed E-state index contributed by atoms with van der Waals surface area (Å²) in [5, 5.41) is 3.11. The molecule has 29 heavy (non-hydrogen) atoms. The molecule has 0 aliphatic carbocycles. The summed E-state index contributed by atoms with van der Waals surface area (Å²) in [5.74, 6) is 0.791. The number of sulfonamides is 1. The molecule has 0 aromatic heterocycles. The lowest BCUT2D eigenvalue weighted by Gasteiger charge is -2.32. The van der Waals surface area contributed by atoms with E-state index < -0.39 is 10.0 Å². The maximum atomic E-state index is 13.0. The summed E-state index contributed by atoms with van der Waals surface area (Å²) >= 11 is 1.81. The number of carbonyl (C=O) groups excluding carboxylic acids is 1. The van der Waals surface area contributed by atoms with Gasteiger partial charge in [-0.2, -0.15) is 4.31 Å². The van der Waals surface area contributed by atoms with Crippen LogP contribution < -0.4 is 5.32 Å². The fourth-order valence-corrected chi connectivity index (χ4v) is 6.90. The molecule has 1 amide bonds. The fourth-order valence-electron chi connectivity index (χ4n) is 4.08. The highest BCUT2D eigenvalue weighted by molar-refractivity contribution is 7.99. The SMILES string of the molecule is C[C@H]1CCCCN1S(=O)(=O)c1ccc(C(=O)N[C@@H]2CCSc3ccccc32)cc1. The molecule has 154 valence electrons. The van der Waals surface area contributed by atoms with Crippen molar-refractivity contribution in [2.45, 2.75) is 54.5 Å². The average Bonchev–Trinajstić information content (AvgIpc) is 2.74. The van der Waals surface area contributed by atoms with Gasteiger partial charge in [0.1, 0.15) is 0 Å². The zero-order chi connectivity index (χ0) is 20.4. The molecule has 1 saturated heterocycles. The summed E-state index contributed by atoms with van der Waals surface area (Å²) in [6.45, 7) is 2.52. The molecular weight excluding hydrogens is 404 g/mol. The molecule has 2 aromatic carbocycles. The van der Waals surface area contributed by atoms with Gasteiger partial charge in [0.15, 0.2) is 0 Å². The number of thioether (sulfide) groups is 1. The number of benzene rings is 2. The van der Waals surface area contributed by atoms with Crippen molar-refractivity contribution >= 4 is 27.7 Å². The second kappa shape index (κ2) is 8.50. The molecule has 0 bridgehead atoms. The van der Waals surface area contributed by atoms with Gasteiger partial charge in [0.2, 0.25) is 10.0 Å². The van der Waals surface area contributed by atoms with Gasteiger partial charge in [-0.05, 0) is 62.1 Å². The number of nitrogens with zero attached hydrogens (tertiary/aromatic N) is 1. The van der Waals surface area contributed by atoms with E-state index in [1.54, 1.807) is 28.6 Å². The van der Waals surface area contributed by atoms with Gasteiger partial charge >= 0.3 is 0 Å². The van der Waals surface area contributed by atoms with Crippen LogP contribution >= 0.6 is 11.8 Å². The fraction of sp³-hybridized carbons (Fsp3) is 0.409. The number of hydrogen-bond acceptors (Lipinski definition) is 4. The highest BCUT2D eigenvalue weighted by Crippen LogP contribution is 2.36. The third kappa shape index (κ3) is 4.22. The third-order valence-electron chi connectivity index (χ3n) is 5.73. The van der Waals surface area contributed by atoms with Crippen LogP contribution in [0.1, 0.15) is 54.6 Å². The Balaban J connectivity index is 1.49. The molecule has 2 aliphatic heterocycles. The first-order chi connectivity index (χ1) is 14.0. The standard InChI is InChI=1S/C22H26N2O3S2/c1-16-6-4-5-14-24(16)29(26,27)18-11-9-17(10-12-18)22(25)23-20-13-15-28-21-8-3-2-7-19(20)21/h2-3,7-12,16,20H,4-6,13-15H2,1H3,(H,23,25)/t16-,20+/m0/s1. The van der Waals surface area contributed by atoms with Crippen molar-refractivity contribution in [2.24, 2.45) is 0 Å². The zero-order valence-electron chi connectivity index (χ0n) is 16.5. The van der Waals surface area contributed by atoms with Crippen LogP contribution in [0.25, 0.3) is 0 Å². The first-order valence-corrected chi connectivity index (χ1v) is 12.5. The summed E-state index contributed by atoms with van der Waals surface area (Å²) in [6.07, 6.45) is 3.73. The molecule has 2 aromatic rings. The summed E-state index contributed by atoms with van der Waals surface area (Å²) in [4.78, 5) is 14.2. The second-order valence-electron chi connectivity index (χ2n) is 7.69. The molecule has 7 heteroatoms. The molecule has 2 aliphatic rings. The van der Waals surface area contributed by atoms with Crippen molar-refractivity contribution in [2.75, 3.05) is 12.3 Å². The maximum Gasteiger partial charge on any atom is 0.251 e. The van der Waals surface area contributed by atoms with E-state index >= 15 is 0 Å². The molecule has 5 nitrogen and oxygen atoms in total. The van der Waals surface area contributed by atoms with E-state index in [-0.39, 0.29) is 22.9 Å². The molecule has 0 radical (unpaired) electrons. The third-order valence-corrected chi connectivity index (χ3v) is 8.88. The average molecular weight is 431 g/mol. The summed E-state index contributed by atoms with van der Waals surface area (Å²) in [6, 6.07) is 14.5. The van der Waals surface area contributed by atoms with Crippen LogP contribution in [0, 0.1) is 0 Å². The number of amides is 1. The van der Waals surface area contributed by atoms with Crippen LogP contribution in [0.4, 0.5) is 0 Å². The van der Waals surface area contributed by atoms with Crippen LogP contribution in [-0.4, -0.2) is 37.0 Å². The Morgan fingerprint density at radius 2 is 1.83 bits per heavy atom. The number of piperidine rings is 1. The number of hydrogen-bond donors (Lipinski definition) is 1. The molecule has 0 unspecified atom stereocenters. The Morgan fingerprint density at radius 1 is 1.07 bits per heavy atom. The van der Waals surface area contributed by atoms with Crippen LogP contribution in [0.5, 0.6) is 0 Å². The largest absolute Gasteiger partial charge is 0.345 e. The Morgan fingerprint density at radius 3 is 2.59 bits per heavy atom. The number of nitrogens with one attached hydrogen (secondary N) is 1. The van der Waals surface area contributed by atoms with Crippen molar-refractivity contribution in [3.63, 3.8) is 0 Å². The van der Waals surface area contributed by atoms with Crippen molar-refractivity contribution in [3.8, 4) is 0 Å². The van der Waals surface area contributed by atoms with E-state index in [2.05, 4.69) is 17.4 Å². The monoisotopic (exact) mass is 430 g/mol. The predicted octanol–water partition coefficient (Wildman–Crippen LogP) is 4.22. The molecule has 1 N–H and O–H groups in total. The van der Waals surface area contributed by atoms with Crippen LogP contribution in [0.15, 0.2) is 58.3 Å². The van der Waals surface area contributed by atoms with Crippen molar-refractivity contribution < 1.29 is 13.2 Å². The zero-order valence-corrected chi connectivity index (χ0v) is 18.1. The summed E-state index contributed by atoms with van der Waals surface area (Å²) < 4.78 is 27.5. The Labute approximate surface area is 176 Å². The van der Waals surface area contributed by atoms with Gasteiger partial charge in [0.05, 0.1) is 10.9 Å². The number of rotatable bonds is 4. The van der Waals surface area contributed by atoms with Crippen molar-refractivity contribution in [3.05, 3.63) is 59.7 Å². The molecule has 0 spiro atoms. The van der Waals surface area contributed by atoms with Crippen LogP contribution in [0.2, 0.25) is 0 Å². The minimum Gasteiger partial charge on any atom is -0.345 e. The highest BCUT2D eigenvalue weighted by atomic mass is 32.2. The van der Waals surface area contributed by atoms with Gasteiger partial charge in [0, 0.05) is 28.8 Å². The maximum absolute atomic E-state index is 13.0. The highest BCUT2D eigenvalue weighted by Gasteiger charge is 2.31. The van der Waals surface area contributed by atoms with E-state index in [4.69, 9.17) is 0 Å². The van der Waals surface area contributed by atoms with Gasteiger partial charge in [-0.3, -0.25) is 4.79 Å². The smallest absolute Gasteiger partial charge is 0.251 e. The predicted molar refractivity (Wildman–Crippen MR) is 116 cm³/mol. The van der Waals surface area contributed by atoms with E-state index in [9.17, 15) is 13.2 Å². The van der Waals surface area contributed by atoms with Gasteiger partial charge in [-0.25, -0.2) is 8.42 Å². The molecule has 0 saturated carbocycles. The van der Waals surface area contributed by atoms with Gasteiger partial charge in [-0.15, -0.1) is 11.8 Å². The Kier molecular flexibility index (Phi) is 5.99. The molecule has 2 heterocycles. The topological polar surface area (TPSA) is 66.5 Å². The lowest BCUT2D eigenvalue weighted by Crippen LogP contribution is -2.41. The quantitative estimate of drug-likeness (QED) is 0.789. The number of carbonyl (C=O) groups is 1. The first kappa shape index (κ1) is 20.4. The van der Waals surface area contributed by atoms with E-state index in [1.165, 1.54) is 4.90 Å². The van der Waals surface area contributed by atoms with Gasteiger partial charge < -0.3 is 5.32 Å². The van der Waals surface area contributed by atoms with Crippen LogP contribution in [-0.2, 0) is 10.0 Å². The van der Waals surface area contributed by atoms with Gasteiger partial charge in [-0.1, -0.05) is 24.6 Å². The van der Waals surface area contributed by atoms with E-state index in [1.807, 2.05) is 30.8 Å². The first-order valence-electron chi connectivity index (χ1n) is 10.1. The lowest BCUT2D eigenvalue weighted by molar-refractivity contribution is 0.0935. The second-order valence-corrected chi connectivity index (χ2v) is 10.7. The minimum atomic E-state index is -3.52. The summed E-state index contributed by atoms with van der Waals surface area (Å²) in [5.41, 5.74) is 1.63. The number of fused-ring (bicyclic) bond motifs is 1. The molecular formula is C22H26N2O3S2. The van der Waals surface area contributed by atoms with Crippen molar-refractivity contribution in [1.82, 2.24) is 9.62 Å². The molecule has 2 atom stereocenters. The Bertz CT molecular complexity index is 989. The normalized spacial score (nSPS) is 22.7. The molecule has 4 rings (SSSR count). The van der Waals surface area contributed by atoms with Gasteiger partial charge in [0.25, 0.3) is 5.91 Å². The minimum absolute atomic E-state index is 0.0148. The summed E-state index contributed by atoms with van der Waals surface area (Å²) in [7, 11) is -3.52. The lowest BCUT2D eigenvalue weighted by atomic mass is 10.0. The Hall–Kier alpha value is -1.83. The van der Waals surface area contributed by atoms with E-state index in [0.29, 0.717) is 12.1 Å². The van der Waals surface area contributed by atoms with E-state index in [0.717, 1.165) is 37.0 Å². The molecule has 1 fully saturated rings.